The van der Waals surface area contributed by atoms with Crippen LogP contribution in [0, 0.1) is 5.41 Å². The first-order valence-electron chi connectivity index (χ1n) is 6.47. The molecular weight excluding hydrogens is 218 g/mol. The van der Waals surface area contributed by atoms with Gasteiger partial charge in [-0.25, -0.2) is 0 Å². The molecule has 0 saturated carbocycles. The molecule has 0 bridgehead atoms. The molecule has 4 heteroatoms. The predicted molar refractivity (Wildman–Crippen MR) is 70.5 cm³/mol. The van der Waals surface area contributed by atoms with E-state index in [4.69, 9.17) is 14.2 Å². The lowest BCUT2D eigenvalue weighted by atomic mass is 9.95. The van der Waals surface area contributed by atoms with E-state index < -0.39 is 0 Å². The molecular formula is C13H29NO3. The first-order chi connectivity index (χ1) is 8.12. The Morgan fingerprint density at radius 2 is 1.71 bits per heavy atom. The third-order valence-electron chi connectivity index (χ3n) is 2.36. The van der Waals surface area contributed by atoms with Crippen molar-refractivity contribution in [2.24, 2.45) is 5.41 Å². The van der Waals surface area contributed by atoms with Gasteiger partial charge in [-0.05, 0) is 13.0 Å². The first-order valence-corrected chi connectivity index (χ1v) is 6.47. The molecule has 1 N–H and O–H groups in total. The maximum Gasteiger partial charge on any atom is 0.0700 e. The van der Waals surface area contributed by atoms with Crippen molar-refractivity contribution in [3.63, 3.8) is 0 Å². The Hall–Kier alpha value is -0.160. The summed E-state index contributed by atoms with van der Waals surface area (Å²) in [6, 6.07) is 0. The molecule has 0 saturated heterocycles. The highest BCUT2D eigenvalue weighted by Gasteiger charge is 2.16. The molecule has 0 heterocycles. The summed E-state index contributed by atoms with van der Waals surface area (Å²) < 4.78 is 16.0. The van der Waals surface area contributed by atoms with Crippen LogP contribution >= 0.6 is 0 Å². The summed E-state index contributed by atoms with van der Waals surface area (Å²) in [6.07, 6.45) is 0.947. The van der Waals surface area contributed by atoms with Crippen LogP contribution in [0.3, 0.4) is 0 Å². The fourth-order valence-corrected chi connectivity index (χ4v) is 1.39. The highest BCUT2D eigenvalue weighted by molar-refractivity contribution is 4.70. The van der Waals surface area contributed by atoms with E-state index in [0.717, 1.165) is 39.3 Å². The van der Waals surface area contributed by atoms with Crippen molar-refractivity contribution < 1.29 is 14.2 Å². The number of hydrogen-bond acceptors (Lipinski definition) is 4. The summed E-state index contributed by atoms with van der Waals surface area (Å²) >= 11 is 0. The molecule has 0 radical (unpaired) electrons. The normalized spacial score (nSPS) is 12.0. The highest BCUT2D eigenvalue weighted by Crippen LogP contribution is 2.13. The standard InChI is InChI=1S/C13H29NO3/c1-5-14-11-13(2,3)12-17-10-9-16-8-6-7-15-4/h14H,5-12H2,1-4H3. The summed E-state index contributed by atoms with van der Waals surface area (Å²) in [6.45, 7) is 12.1. The Balaban J connectivity index is 3.26. The zero-order valence-electron chi connectivity index (χ0n) is 11.9. The predicted octanol–water partition coefficient (Wildman–Crippen LogP) is 1.69. The number of ether oxygens (including phenoxy) is 3. The molecule has 0 atom stereocenters. The lowest BCUT2D eigenvalue weighted by molar-refractivity contribution is 0.0113. The highest BCUT2D eigenvalue weighted by atomic mass is 16.5. The topological polar surface area (TPSA) is 39.7 Å². The molecule has 0 unspecified atom stereocenters. The van der Waals surface area contributed by atoms with E-state index in [0.29, 0.717) is 13.2 Å². The largest absolute Gasteiger partial charge is 0.385 e. The maximum atomic E-state index is 5.61. The lowest BCUT2D eigenvalue weighted by Crippen LogP contribution is -2.33. The van der Waals surface area contributed by atoms with Crippen LogP contribution in [0.25, 0.3) is 0 Å². The molecule has 0 amide bonds. The second-order valence-electron chi connectivity index (χ2n) is 4.96. The Morgan fingerprint density at radius 3 is 2.35 bits per heavy atom. The van der Waals surface area contributed by atoms with Gasteiger partial charge in [0.25, 0.3) is 0 Å². The van der Waals surface area contributed by atoms with Crippen LogP contribution in [0.2, 0.25) is 0 Å². The van der Waals surface area contributed by atoms with Crippen molar-refractivity contribution in [2.45, 2.75) is 27.2 Å². The van der Waals surface area contributed by atoms with Crippen molar-refractivity contribution in [3.05, 3.63) is 0 Å². The summed E-state index contributed by atoms with van der Waals surface area (Å²) in [5.41, 5.74) is 0.187. The van der Waals surface area contributed by atoms with Crippen LogP contribution in [0.1, 0.15) is 27.2 Å². The van der Waals surface area contributed by atoms with Gasteiger partial charge in [0.1, 0.15) is 0 Å². The second kappa shape index (κ2) is 11.0. The minimum atomic E-state index is 0.187. The van der Waals surface area contributed by atoms with Gasteiger partial charge in [-0.15, -0.1) is 0 Å². The quantitative estimate of drug-likeness (QED) is 0.533. The molecule has 0 aliphatic heterocycles. The summed E-state index contributed by atoms with van der Waals surface area (Å²) in [5.74, 6) is 0. The number of methoxy groups -OCH3 is 1. The fourth-order valence-electron chi connectivity index (χ4n) is 1.39. The van der Waals surface area contributed by atoms with Gasteiger partial charge in [0, 0.05) is 32.3 Å². The Labute approximate surface area is 106 Å². The SMILES string of the molecule is CCNCC(C)(C)COCCOCCCOC. The molecule has 17 heavy (non-hydrogen) atoms. The van der Waals surface area contributed by atoms with Crippen molar-refractivity contribution >= 4 is 0 Å². The monoisotopic (exact) mass is 247 g/mol. The van der Waals surface area contributed by atoms with Crippen LogP contribution in [0.15, 0.2) is 0 Å². The van der Waals surface area contributed by atoms with Gasteiger partial charge in [-0.3, -0.25) is 0 Å². The van der Waals surface area contributed by atoms with E-state index in [1.54, 1.807) is 7.11 Å². The zero-order valence-corrected chi connectivity index (χ0v) is 11.9. The van der Waals surface area contributed by atoms with Gasteiger partial charge < -0.3 is 19.5 Å². The summed E-state index contributed by atoms with van der Waals surface area (Å²) in [7, 11) is 1.70. The summed E-state index contributed by atoms with van der Waals surface area (Å²) in [5, 5.41) is 3.34. The average Bonchev–Trinajstić information content (AvgIpc) is 2.30. The zero-order chi connectivity index (χ0) is 13.0. The molecule has 0 aromatic heterocycles. The van der Waals surface area contributed by atoms with Gasteiger partial charge in [0.15, 0.2) is 0 Å². The summed E-state index contributed by atoms with van der Waals surface area (Å²) in [4.78, 5) is 0. The van der Waals surface area contributed by atoms with Crippen LogP contribution in [0.5, 0.6) is 0 Å². The molecule has 104 valence electrons. The molecule has 0 rings (SSSR count). The number of nitrogens with one attached hydrogen (secondary N) is 1. The van der Waals surface area contributed by atoms with Gasteiger partial charge in [-0.1, -0.05) is 20.8 Å². The first kappa shape index (κ1) is 16.8. The smallest absolute Gasteiger partial charge is 0.0700 e. The maximum absolute atomic E-state index is 5.61. The van der Waals surface area contributed by atoms with E-state index in [9.17, 15) is 0 Å². The van der Waals surface area contributed by atoms with Crippen molar-refractivity contribution in [3.8, 4) is 0 Å². The minimum Gasteiger partial charge on any atom is -0.385 e. The van der Waals surface area contributed by atoms with Crippen LogP contribution in [-0.2, 0) is 14.2 Å². The molecule has 0 aliphatic rings. The van der Waals surface area contributed by atoms with Crippen LogP contribution < -0.4 is 5.32 Å². The Kier molecular flexibility index (Phi) is 10.9. The molecule has 0 spiro atoms. The molecule has 0 fully saturated rings. The Bertz CT molecular complexity index is 163. The van der Waals surface area contributed by atoms with E-state index in [2.05, 4.69) is 26.1 Å². The van der Waals surface area contributed by atoms with Crippen LogP contribution in [0.4, 0.5) is 0 Å². The van der Waals surface area contributed by atoms with Crippen molar-refractivity contribution in [1.29, 1.82) is 0 Å². The molecule has 4 nitrogen and oxygen atoms in total. The van der Waals surface area contributed by atoms with Gasteiger partial charge in [-0.2, -0.15) is 0 Å². The van der Waals surface area contributed by atoms with E-state index in [1.165, 1.54) is 0 Å². The van der Waals surface area contributed by atoms with E-state index >= 15 is 0 Å². The van der Waals surface area contributed by atoms with Gasteiger partial charge in [0.2, 0.25) is 0 Å². The van der Waals surface area contributed by atoms with Gasteiger partial charge in [0.05, 0.1) is 19.8 Å². The second-order valence-corrected chi connectivity index (χ2v) is 4.96. The van der Waals surface area contributed by atoms with E-state index in [-0.39, 0.29) is 5.41 Å². The Morgan fingerprint density at radius 1 is 1.00 bits per heavy atom. The average molecular weight is 247 g/mol. The number of rotatable bonds is 12. The van der Waals surface area contributed by atoms with Crippen molar-refractivity contribution in [2.75, 3.05) is 53.2 Å². The van der Waals surface area contributed by atoms with Gasteiger partial charge >= 0.3 is 0 Å². The lowest BCUT2D eigenvalue weighted by Gasteiger charge is -2.24. The molecule has 0 aromatic carbocycles. The molecule has 0 aromatic rings. The van der Waals surface area contributed by atoms with E-state index in [1.807, 2.05) is 0 Å². The van der Waals surface area contributed by atoms with Crippen molar-refractivity contribution in [1.82, 2.24) is 5.32 Å². The van der Waals surface area contributed by atoms with Crippen LogP contribution in [-0.4, -0.2) is 53.2 Å². The third kappa shape index (κ3) is 12.1. The fraction of sp³-hybridized carbons (Fsp3) is 1.00. The molecule has 0 aliphatic carbocycles. The third-order valence-corrected chi connectivity index (χ3v) is 2.36. The minimum absolute atomic E-state index is 0.187. The number of hydrogen-bond donors (Lipinski definition) is 1.